The first-order valence-electron chi connectivity index (χ1n) is 9.72. The van der Waals surface area contributed by atoms with E-state index in [1.54, 1.807) is 25.4 Å². The number of nitrogens with zero attached hydrogens (tertiary/aromatic N) is 1. The predicted octanol–water partition coefficient (Wildman–Crippen LogP) is 4.35. The molecule has 7 nitrogen and oxygen atoms in total. The molecule has 0 aliphatic heterocycles. The monoisotopic (exact) mass is 384 g/mol. The van der Waals surface area contributed by atoms with Crippen LogP contribution in [0.4, 0.5) is 21.9 Å². The summed E-state index contributed by atoms with van der Waals surface area (Å²) in [7, 11) is 1.61. The zero-order chi connectivity index (χ0) is 19.6. The topological polar surface area (TPSA) is 84.5 Å². The zero-order valence-electron chi connectivity index (χ0n) is 16.2. The largest absolute Gasteiger partial charge is 0.475 e. The maximum absolute atomic E-state index is 12.1. The molecule has 3 N–H and O–H groups in total. The molecular formula is C21H28N4O3. The van der Waals surface area contributed by atoms with Gasteiger partial charge in [0.15, 0.2) is 0 Å². The van der Waals surface area contributed by atoms with E-state index in [-0.39, 0.29) is 6.03 Å². The summed E-state index contributed by atoms with van der Waals surface area (Å²) in [6.07, 6.45) is 6.90. The van der Waals surface area contributed by atoms with Crippen molar-refractivity contribution in [1.29, 1.82) is 0 Å². The second-order valence-electron chi connectivity index (χ2n) is 6.91. The van der Waals surface area contributed by atoms with Crippen molar-refractivity contribution in [2.45, 2.75) is 25.7 Å². The van der Waals surface area contributed by atoms with Crippen LogP contribution < -0.4 is 20.7 Å². The molecule has 28 heavy (non-hydrogen) atoms. The van der Waals surface area contributed by atoms with Crippen molar-refractivity contribution in [2.24, 2.45) is 5.92 Å². The lowest BCUT2D eigenvalue weighted by Gasteiger charge is -2.12. The second kappa shape index (κ2) is 10.5. The number of amides is 2. The molecule has 0 atom stereocenters. The Morgan fingerprint density at radius 1 is 1.00 bits per heavy atom. The number of carbonyl (C=O) groups excluding carboxylic acids is 1. The molecule has 150 valence electrons. The lowest BCUT2D eigenvalue weighted by Crippen LogP contribution is -2.19. The van der Waals surface area contributed by atoms with E-state index in [1.807, 2.05) is 24.3 Å². The minimum Gasteiger partial charge on any atom is -0.475 e. The van der Waals surface area contributed by atoms with Crippen molar-refractivity contribution in [2.75, 3.05) is 42.8 Å². The Balaban J connectivity index is 1.42. The molecule has 0 spiro atoms. The third kappa shape index (κ3) is 6.42. The van der Waals surface area contributed by atoms with Crippen LogP contribution in [0.5, 0.6) is 5.88 Å². The fourth-order valence-electron chi connectivity index (χ4n) is 3.21. The summed E-state index contributed by atoms with van der Waals surface area (Å²) in [5, 5.41) is 9.05. The number of ether oxygens (including phenoxy) is 2. The molecule has 7 heteroatoms. The summed E-state index contributed by atoms with van der Waals surface area (Å²) in [6.45, 7) is 1.95. The Morgan fingerprint density at radius 2 is 1.68 bits per heavy atom. The predicted molar refractivity (Wildman–Crippen MR) is 111 cm³/mol. The number of benzene rings is 1. The van der Waals surface area contributed by atoms with Crippen LogP contribution in [-0.2, 0) is 4.74 Å². The van der Waals surface area contributed by atoms with Gasteiger partial charge in [-0.3, -0.25) is 0 Å². The molecule has 1 aromatic heterocycles. The number of pyridine rings is 1. The van der Waals surface area contributed by atoms with Crippen molar-refractivity contribution in [3.8, 4) is 5.88 Å². The van der Waals surface area contributed by atoms with Gasteiger partial charge in [-0.1, -0.05) is 12.8 Å². The maximum atomic E-state index is 12.1. The van der Waals surface area contributed by atoms with E-state index in [1.165, 1.54) is 25.7 Å². The van der Waals surface area contributed by atoms with E-state index in [0.717, 1.165) is 23.8 Å². The molecule has 2 aromatic rings. The summed E-state index contributed by atoms with van der Waals surface area (Å²) < 4.78 is 10.3. The summed E-state index contributed by atoms with van der Waals surface area (Å²) in [4.78, 5) is 16.3. The van der Waals surface area contributed by atoms with Crippen molar-refractivity contribution in [3.05, 3.63) is 42.6 Å². The molecule has 0 unspecified atom stereocenters. The minimum absolute atomic E-state index is 0.318. The first kappa shape index (κ1) is 19.9. The Labute approximate surface area is 165 Å². The van der Waals surface area contributed by atoms with Crippen molar-refractivity contribution in [3.63, 3.8) is 0 Å². The lowest BCUT2D eigenvalue weighted by atomic mass is 10.1. The summed E-state index contributed by atoms with van der Waals surface area (Å²) in [5.74, 6) is 1.28. The number of hydrogen-bond acceptors (Lipinski definition) is 5. The van der Waals surface area contributed by atoms with E-state index in [4.69, 9.17) is 9.47 Å². The minimum atomic E-state index is -0.318. The van der Waals surface area contributed by atoms with Gasteiger partial charge < -0.3 is 25.4 Å². The Bertz CT molecular complexity index is 728. The lowest BCUT2D eigenvalue weighted by molar-refractivity contribution is 0.144. The highest BCUT2D eigenvalue weighted by molar-refractivity contribution is 5.99. The van der Waals surface area contributed by atoms with E-state index in [9.17, 15) is 4.79 Å². The summed E-state index contributed by atoms with van der Waals surface area (Å²) in [6, 6.07) is 10.9. The maximum Gasteiger partial charge on any atom is 0.323 e. The molecule has 1 aliphatic rings. The Hall–Kier alpha value is -2.80. The van der Waals surface area contributed by atoms with Crippen LogP contribution in [-0.4, -0.2) is 37.9 Å². The Morgan fingerprint density at radius 3 is 2.36 bits per heavy atom. The number of carbonyl (C=O) groups is 1. The van der Waals surface area contributed by atoms with Gasteiger partial charge in [0.2, 0.25) is 5.88 Å². The van der Waals surface area contributed by atoms with Crippen LogP contribution in [0, 0.1) is 5.92 Å². The van der Waals surface area contributed by atoms with Crippen LogP contribution in [0.2, 0.25) is 0 Å². The van der Waals surface area contributed by atoms with Crippen LogP contribution in [0.15, 0.2) is 42.6 Å². The van der Waals surface area contributed by atoms with Crippen LogP contribution in [0.25, 0.3) is 0 Å². The molecule has 1 heterocycles. The standard InChI is InChI=1S/C21H28N4O3/c1-27-12-13-28-20-11-10-19(15-23-20)25-21(26)24-18-8-6-17(7-9-18)22-14-16-4-2-3-5-16/h6-11,15-16,22H,2-5,12-14H2,1H3,(H2,24,25,26). The quantitative estimate of drug-likeness (QED) is 0.560. The number of anilines is 3. The first-order chi connectivity index (χ1) is 13.7. The third-order valence-electron chi connectivity index (χ3n) is 4.74. The van der Waals surface area contributed by atoms with Gasteiger partial charge in [0.1, 0.15) is 6.61 Å². The van der Waals surface area contributed by atoms with E-state index in [0.29, 0.717) is 24.8 Å². The second-order valence-corrected chi connectivity index (χ2v) is 6.91. The number of rotatable bonds is 9. The van der Waals surface area contributed by atoms with E-state index < -0.39 is 0 Å². The van der Waals surface area contributed by atoms with Crippen LogP contribution in [0.3, 0.4) is 0 Å². The molecular weight excluding hydrogens is 356 g/mol. The number of urea groups is 1. The highest BCUT2D eigenvalue weighted by Crippen LogP contribution is 2.25. The zero-order valence-corrected chi connectivity index (χ0v) is 16.2. The molecule has 2 amide bonds. The molecule has 0 saturated heterocycles. The summed E-state index contributed by atoms with van der Waals surface area (Å²) in [5.41, 5.74) is 2.40. The molecule has 1 fully saturated rings. The van der Waals surface area contributed by atoms with Crippen molar-refractivity contribution >= 4 is 23.1 Å². The smallest absolute Gasteiger partial charge is 0.323 e. The number of nitrogens with one attached hydrogen (secondary N) is 3. The Kier molecular flexibility index (Phi) is 7.49. The van der Waals surface area contributed by atoms with Crippen molar-refractivity contribution < 1.29 is 14.3 Å². The highest BCUT2D eigenvalue weighted by atomic mass is 16.5. The van der Waals surface area contributed by atoms with Crippen LogP contribution in [0.1, 0.15) is 25.7 Å². The van der Waals surface area contributed by atoms with Gasteiger partial charge in [-0.05, 0) is 49.1 Å². The van der Waals surface area contributed by atoms with Gasteiger partial charge >= 0.3 is 6.03 Å². The molecule has 1 aromatic carbocycles. The number of methoxy groups -OCH3 is 1. The third-order valence-corrected chi connectivity index (χ3v) is 4.74. The fourth-order valence-corrected chi connectivity index (χ4v) is 3.21. The van der Waals surface area contributed by atoms with Gasteiger partial charge in [-0.25, -0.2) is 9.78 Å². The van der Waals surface area contributed by atoms with Gasteiger partial charge in [-0.15, -0.1) is 0 Å². The van der Waals surface area contributed by atoms with Gasteiger partial charge in [0.25, 0.3) is 0 Å². The van der Waals surface area contributed by atoms with Gasteiger partial charge in [0.05, 0.1) is 18.5 Å². The molecule has 1 aliphatic carbocycles. The van der Waals surface area contributed by atoms with Gasteiger partial charge in [-0.2, -0.15) is 0 Å². The van der Waals surface area contributed by atoms with Crippen molar-refractivity contribution in [1.82, 2.24) is 4.98 Å². The SMILES string of the molecule is COCCOc1ccc(NC(=O)Nc2ccc(NCC3CCCC3)cc2)cn1. The average Bonchev–Trinajstić information content (AvgIpc) is 3.23. The highest BCUT2D eigenvalue weighted by Gasteiger charge is 2.14. The first-order valence-corrected chi connectivity index (χ1v) is 9.72. The van der Waals surface area contributed by atoms with Crippen LogP contribution >= 0.6 is 0 Å². The molecule has 1 saturated carbocycles. The molecule has 0 radical (unpaired) electrons. The number of aromatic nitrogens is 1. The molecule has 3 rings (SSSR count). The summed E-state index contributed by atoms with van der Waals surface area (Å²) >= 11 is 0. The van der Waals surface area contributed by atoms with E-state index >= 15 is 0 Å². The normalized spacial score (nSPS) is 13.9. The average molecular weight is 384 g/mol. The van der Waals surface area contributed by atoms with E-state index in [2.05, 4.69) is 20.9 Å². The van der Waals surface area contributed by atoms with Gasteiger partial charge in [0, 0.05) is 31.1 Å². The molecule has 0 bridgehead atoms. The number of hydrogen-bond donors (Lipinski definition) is 3. The fraction of sp³-hybridized carbons (Fsp3) is 0.429.